The van der Waals surface area contributed by atoms with Crippen molar-refractivity contribution < 1.29 is 33.5 Å². The molecule has 25 heavy (non-hydrogen) atoms. The fraction of sp³-hybridized carbons (Fsp3) is 0.500. The molecule has 0 spiro atoms. The Bertz CT molecular complexity index is 673. The predicted octanol–water partition coefficient (Wildman–Crippen LogP) is 1.44. The lowest BCUT2D eigenvalue weighted by atomic mass is 9.91. The number of hydrogen-bond acceptors (Lipinski definition) is 8. The molecular formula is C16H17NO8. The summed E-state index contributed by atoms with van der Waals surface area (Å²) in [5.41, 5.74) is 0.0699. The van der Waals surface area contributed by atoms with Gasteiger partial charge in [-0.2, -0.15) is 0 Å². The normalized spacial score (nSPS) is 28.1. The van der Waals surface area contributed by atoms with E-state index in [2.05, 4.69) is 0 Å². The third-order valence-corrected chi connectivity index (χ3v) is 4.30. The minimum Gasteiger partial charge on any atom is -0.459 e. The van der Waals surface area contributed by atoms with Gasteiger partial charge in [-0.15, -0.1) is 0 Å². The van der Waals surface area contributed by atoms with Gasteiger partial charge in [0.25, 0.3) is 5.69 Å². The van der Waals surface area contributed by atoms with Crippen molar-refractivity contribution in [2.45, 2.75) is 31.3 Å². The highest BCUT2D eigenvalue weighted by Crippen LogP contribution is 2.35. The molecule has 1 aromatic carbocycles. The Hall–Kier alpha value is -2.52. The summed E-state index contributed by atoms with van der Waals surface area (Å²) in [5, 5.41) is 10.6. The minimum atomic E-state index is -0.640. The molecule has 134 valence electrons. The summed E-state index contributed by atoms with van der Waals surface area (Å²) in [6.45, 7) is -0.107. The van der Waals surface area contributed by atoms with Crippen LogP contribution in [0.4, 0.5) is 5.69 Å². The smallest absolute Gasteiger partial charge is 0.338 e. The van der Waals surface area contributed by atoms with Crippen molar-refractivity contribution in [1.29, 1.82) is 0 Å². The molecule has 0 radical (unpaired) electrons. The molecule has 0 amide bonds. The summed E-state index contributed by atoms with van der Waals surface area (Å²) >= 11 is 0. The first-order valence-electron chi connectivity index (χ1n) is 7.77. The van der Waals surface area contributed by atoms with Crippen molar-refractivity contribution in [1.82, 2.24) is 0 Å². The van der Waals surface area contributed by atoms with Crippen LogP contribution in [-0.2, 0) is 23.7 Å². The molecule has 4 atom stereocenters. The van der Waals surface area contributed by atoms with E-state index in [4.69, 9.17) is 18.9 Å². The van der Waals surface area contributed by atoms with E-state index in [0.717, 1.165) is 0 Å². The van der Waals surface area contributed by atoms with Crippen LogP contribution in [0.2, 0.25) is 0 Å². The molecule has 2 fully saturated rings. The number of esters is 2. The molecule has 0 bridgehead atoms. The summed E-state index contributed by atoms with van der Waals surface area (Å²) in [7, 11) is 1.50. The quantitative estimate of drug-likeness (QED) is 0.445. The second-order valence-corrected chi connectivity index (χ2v) is 5.90. The number of nitro benzene ring substituents is 1. The summed E-state index contributed by atoms with van der Waals surface area (Å²) in [6, 6.07) is 5.09. The van der Waals surface area contributed by atoms with Crippen LogP contribution in [0.5, 0.6) is 0 Å². The number of nitro groups is 1. The molecule has 0 N–H and O–H groups in total. The highest BCUT2D eigenvalue weighted by atomic mass is 16.7. The van der Waals surface area contributed by atoms with Crippen LogP contribution in [-0.4, -0.2) is 49.1 Å². The van der Waals surface area contributed by atoms with E-state index in [-0.39, 0.29) is 29.7 Å². The number of carbonyl (C=O) groups excluding carboxylic acids is 2. The molecule has 2 aliphatic heterocycles. The summed E-state index contributed by atoms with van der Waals surface area (Å²) < 4.78 is 21.4. The Morgan fingerprint density at radius 1 is 1.36 bits per heavy atom. The molecule has 0 aliphatic carbocycles. The van der Waals surface area contributed by atoms with Gasteiger partial charge in [0.1, 0.15) is 18.8 Å². The first kappa shape index (κ1) is 17.3. The largest absolute Gasteiger partial charge is 0.459 e. The van der Waals surface area contributed by atoms with Crippen LogP contribution in [0.15, 0.2) is 24.3 Å². The zero-order valence-electron chi connectivity index (χ0n) is 13.5. The van der Waals surface area contributed by atoms with Gasteiger partial charge in [-0.05, 0) is 12.1 Å². The van der Waals surface area contributed by atoms with Crippen molar-refractivity contribution in [3.05, 3.63) is 39.9 Å². The maximum atomic E-state index is 12.1. The zero-order chi connectivity index (χ0) is 18.0. The van der Waals surface area contributed by atoms with Gasteiger partial charge in [-0.3, -0.25) is 14.9 Å². The highest BCUT2D eigenvalue weighted by Gasteiger charge is 2.47. The van der Waals surface area contributed by atoms with Gasteiger partial charge in [0, 0.05) is 31.6 Å². The molecule has 9 heteroatoms. The summed E-state index contributed by atoms with van der Waals surface area (Å²) in [5.74, 6) is -0.977. The molecule has 2 aliphatic rings. The predicted molar refractivity (Wildman–Crippen MR) is 81.7 cm³/mol. The van der Waals surface area contributed by atoms with Crippen LogP contribution in [0.25, 0.3) is 0 Å². The summed E-state index contributed by atoms with van der Waals surface area (Å²) in [6.07, 6.45) is -0.736. The molecule has 0 unspecified atom stereocenters. The van der Waals surface area contributed by atoms with Crippen LogP contribution in [0.1, 0.15) is 23.2 Å². The van der Waals surface area contributed by atoms with E-state index in [1.165, 1.54) is 31.4 Å². The fourth-order valence-electron chi connectivity index (χ4n) is 3.04. The van der Waals surface area contributed by atoms with Gasteiger partial charge < -0.3 is 18.9 Å². The average Bonchev–Trinajstić information content (AvgIpc) is 2.99. The molecule has 2 heterocycles. The lowest BCUT2D eigenvalue weighted by Gasteiger charge is -2.35. The lowest BCUT2D eigenvalue weighted by molar-refractivity contribution is -0.384. The number of nitrogens with zero attached hydrogens (tertiary/aromatic N) is 1. The lowest BCUT2D eigenvalue weighted by Crippen LogP contribution is -2.46. The van der Waals surface area contributed by atoms with Gasteiger partial charge in [-0.1, -0.05) is 0 Å². The van der Waals surface area contributed by atoms with Crippen molar-refractivity contribution in [3.8, 4) is 0 Å². The third kappa shape index (κ3) is 3.77. The van der Waals surface area contributed by atoms with E-state index in [9.17, 15) is 19.7 Å². The van der Waals surface area contributed by atoms with E-state index >= 15 is 0 Å². The monoisotopic (exact) mass is 351 g/mol. The molecule has 0 saturated carbocycles. The van der Waals surface area contributed by atoms with Crippen molar-refractivity contribution >= 4 is 17.6 Å². The summed E-state index contributed by atoms with van der Waals surface area (Å²) in [4.78, 5) is 33.7. The van der Waals surface area contributed by atoms with Gasteiger partial charge >= 0.3 is 11.9 Å². The topological polar surface area (TPSA) is 114 Å². The van der Waals surface area contributed by atoms with E-state index < -0.39 is 29.4 Å². The maximum Gasteiger partial charge on any atom is 0.338 e. The molecule has 0 aromatic heterocycles. The standard InChI is InChI=1S/C16H17NO8/c1-22-14-7-10-6-13(18)25-15(10)12(24-14)8-23-16(19)9-2-4-11(5-3-9)17(20)21/h2-5,10,12,14-15H,6-8H2,1H3/t10-,12+,14-,15-/m0/s1. The Balaban J connectivity index is 1.62. The van der Waals surface area contributed by atoms with Crippen LogP contribution in [0.3, 0.4) is 0 Å². The van der Waals surface area contributed by atoms with Crippen LogP contribution >= 0.6 is 0 Å². The van der Waals surface area contributed by atoms with Crippen LogP contribution < -0.4 is 0 Å². The fourth-order valence-corrected chi connectivity index (χ4v) is 3.04. The average molecular weight is 351 g/mol. The van der Waals surface area contributed by atoms with E-state index in [0.29, 0.717) is 12.8 Å². The molecule has 2 saturated heterocycles. The highest BCUT2D eigenvalue weighted by molar-refractivity contribution is 5.89. The molecule has 1 aromatic rings. The number of methoxy groups -OCH3 is 1. The van der Waals surface area contributed by atoms with Crippen molar-refractivity contribution in [2.24, 2.45) is 5.92 Å². The van der Waals surface area contributed by atoms with Crippen molar-refractivity contribution in [3.63, 3.8) is 0 Å². The van der Waals surface area contributed by atoms with Crippen LogP contribution in [0, 0.1) is 16.0 Å². The van der Waals surface area contributed by atoms with E-state index in [1.54, 1.807) is 0 Å². The Labute approximate surface area is 142 Å². The number of rotatable bonds is 5. The van der Waals surface area contributed by atoms with Gasteiger partial charge in [-0.25, -0.2) is 4.79 Å². The molecule has 9 nitrogen and oxygen atoms in total. The number of ether oxygens (including phenoxy) is 4. The van der Waals surface area contributed by atoms with Crippen molar-refractivity contribution in [2.75, 3.05) is 13.7 Å². The first-order chi connectivity index (χ1) is 12.0. The first-order valence-corrected chi connectivity index (χ1v) is 7.77. The molecule has 3 rings (SSSR count). The second-order valence-electron chi connectivity index (χ2n) is 5.90. The Morgan fingerprint density at radius 3 is 2.72 bits per heavy atom. The Kier molecular flexibility index (Phi) is 4.95. The third-order valence-electron chi connectivity index (χ3n) is 4.30. The van der Waals surface area contributed by atoms with Gasteiger partial charge in [0.2, 0.25) is 0 Å². The second kappa shape index (κ2) is 7.16. The Morgan fingerprint density at radius 2 is 2.08 bits per heavy atom. The number of carbonyl (C=O) groups is 2. The number of fused-ring (bicyclic) bond motifs is 1. The number of hydrogen-bond donors (Lipinski definition) is 0. The maximum absolute atomic E-state index is 12.1. The minimum absolute atomic E-state index is 0.0331. The van der Waals surface area contributed by atoms with Gasteiger partial charge in [0.05, 0.1) is 16.9 Å². The van der Waals surface area contributed by atoms with Gasteiger partial charge in [0.15, 0.2) is 6.29 Å². The van der Waals surface area contributed by atoms with E-state index in [1.807, 2.05) is 0 Å². The zero-order valence-corrected chi connectivity index (χ0v) is 13.5. The molecular weight excluding hydrogens is 334 g/mol. The number of benzene rings is 1. The SMILES string of the molecule is CO[C@@H]1C[C@@H]2CC(=O)O[C@@H]2[C@@H](COC(=O)c2ccc([N+](=O)[O-])cc2)O1. The number of non-ortho nitro benzene ring substituents is 1.